The molecule has 226 valence electrons. The van der Waals surface area contributed by atoms with E-state index in [1.807, 2.05) is 35.2 Å². The molecule has 0 aliphatic carbocycles. The second-order valence-electron chi connectivity index (χ2n) is 10.9. The number of para-hydroxylation sites is 1. The molecule has 0 saturated carbocycles. The highest BCUT2D eigenvalue weighted by molar-refractivity contribution is 5.94. The summed E-state index contributed by atoms with van der Waals surface area (Å²) in [4.78, 5) is 26.4. The Morgan fingerprint density at radius 2 is 1.49 bits per heavy atom. The lowest BCUT2D eigenvalue weighted by atomic mass is 9.71. The van der Waals surface area contributed by atoms with Crippen LogP contribution in [0.2, 0.25) is 0 Å². The maximum absolute atomic E-state index is 13.0. The number of carboxylic acids is 1. The maximum atomic E-state index is 13.0. The highest BCUT2D eigenvalue weighted by Crippen LogP contribution is 2.42. The van der Waals surface area contributed by atoms with Crippen molar-refractivity contribution in [1.82, 2.24) is 9.80 Å². The second-order valence-corrected chi connectivity index (χ2v) is 10.9. The summed E-state index contributed by atoms with van der Waals surface area (Å²) in [6.45, 7) is 5.23. The van der Waals surface area contributed by atoms with Gasteiger partial charge in [0.1, 0.15) is 12.4 Å². The summed E-state index contributed by atoms with van der Waals surface area (Å²) in [7, 11) is 0. The van der Waals surface area contributed by atoms with E-state index >= 15 is 0 Å². The number of rotatable bonds is 6. The number of piperidine rings is 2. The predicted octanol–water partition coefficient (Wildman–Crippen LogP) is 6.29. The van der Waals surface area contributed by atoms with Crippen LogP contribution in [0.3, 0.4) is 0 Å². The minimum absolute atomic E-state index is 0.0477. The fraction of sp³-hybridized carbons (Fsp3) is 0.364. The molecule has 2 aliphatic rings. The van der Waals surface area contributed by atoms with Crippen LogP contribution in [0.15, 0.2) is 78.9 Å². The summed E-state index contributed by atoms with van der Waals surface area (Å²) in [5.74, 6) is -1.74. The summed E-state index contributed by atoms with van der Waals surface area (Å²) >= 11 is 0. The van der Waals surface area contributed by atoms with Crippen molar-refractivity contribution in [2.24, 2.45) is 5.41 Å². The molecule has 2 heterocycles. The molecular weight excluding hydrogens is 559 g/mol. The SMILES string of the molecule is N#Cc1cccc(C(=O)N2CCC3(CCN(Cc4ccccc4OCc4ccccc4)CC3)CC2)c1.O=C(O)C(F)(F)F. The van der Waals surface area contributed by atoms with Gasteiger partial charge in [-0.1, -0.05) is 54.6 Å². The number of ether oxygens (including phenoxy) is 1. The number of likely N-dealkylation sites (tertiary alicyclic amines) is 2. The first-order valence-electron chi connectivity index (χ1n) is 14.2. The molecule has 43 heavy (non-hydrogen) atoms. The summed E-state index contributed by atoms with van der Waals surface area (Å²) in [6.07, 6.45) is -0.624. The van der Waals surface area contributed by atoms with Gasteiger partial charge >= 0.3 is 12.1 Å². The van der Waals surface area contributed by atoms with Gasteiger partial charge < -0.3 is 14.7 Å². The Bertz CT molecular complexity index is 1420. The normalized spacial score (nSPS) is 16.5. The first-order chi connectivity index (χ1) is 20.6. The minimum Gasteiger partial charge on any atom is -0.489 e. The average Bonchev–Trinajstić information content (AvgIpc) is 3.02. The predicted molar refractivity (Wildman–Crippen MR) is 154 cm³/mol. The van der Waals surface area contributed by atoms with Crippen molar-refractivity contribution in [1.29, 1.82) is 5.26 Å². The van der Waals surface area contributed by atoms with Crippen LogP contribution in [0.4, 0.5) is 13.2 Å². The van der Waals surface area contributed by atoms with E-state index in [2.05, 4.69) is 41.3 Å². The molecule has 1 spiro atoms. The molecule has 0 radical (unpaired) electrons. The van der Waals surface area contributed by atoms with Crippen LogP contribution in [-0.4, -0.2) is 59.1 Å². The Kier molecular flexibility index (Phi) is 10.4. The Hall–Kier alpha value is -4.36. The van der Waals surface area contributed by atoms with Crippen molar-refractivity contribution in [2.75, 3.05) is 26.2 Å². The zero-order valence-electron chi connectivity index (χ0n) is 23.7. The van der Waals surface area contributed by atoms with Gasteiger partial charge in [0, 0.05) is 30.8 Å². The number of carbonyl (C=O) groups excluding carboxylic acids is 1. The van der Waals surface area contributed by atoms with E-state index in [-0.39, 0.29) is 5.91 Å². The number of carboxylic acid groups (broad SMARTS) is 1. The quantitative estimate of drug-likeness (QED) is 0.361. The Morgan fingerprint density at radius 1 is 0.884 bits per heavy atom. The zero-order chi connectivity index (χ0) is 30.9. The molecule has 0 atom stereocenters. The van der Waals surface area contributed by atoms with Gasteiger partial charge in [-0.3, -0.25) is 9.69 Å². The number of hydrogen-bond acceptors (Lipinski definition) is 5. The molecule has 10 heteroatoms. The standard InChI is InChI=1S/C31H33N3O2.C2HF3O2/c32-22-26-9-6-11-27(21-26)30(35)34-19-15-31(16-20-34)13-17-33(18-14-31)23-28-10-4-5-12-29(28)36-24-25-7-2-1-3-8-25;3-2(4,5)1(6)7/h1-12,21H,13-20,23-24H2;(H,6,7). The van der Waals surface area contributed by atoms with E-state index in [0.29, 0.717) is 23.1 Å². The lowest BCUT2D eigenvalue weighted by Gasteiger charge is -2.47. The van der Waals surface area contributed by atoms with Gasteiger partial charge in [-0.05, 0) is 74.0 Å². The molecular formula is C33H34F3N3O4. The van der Waals surface area contributed by atoms with Crippen molar-refractivity contribution >= 4 is 11.9 Å². The van der Waals surface area contributed by atoms with Gasteiger partial charge in [-0.25, -0.2) is 4.79 Å². The van der Waals surface area contributed by atoms with Crippen LogP contribution < -0.4 is 4.74 Å². The highest BCUT2D eigenvalue weighted by atomic mass is 19.4. The topological polar surface area (TPSA) is 93.9 Å². The summed E-state index contributed by atoms with van der Waals surface area (Å²) < 4.78 is 37.9. The number of nitrogens with zero attached hydrogens (tertiary/aromatic N) is 3. The van der Waals surface area contributed by atoms with Gasteiger partial charge in [0.25, 0.3) is 5.91 Å². The number of carbonyl (C=O) groups is 2. The third-order valence-electron chi connectivity index (χ3n) is 8.11. The number of aliphatic carboxylic acids is 1. The van der Waals surface area contributed by atoms with Gasteiger partial charge in [-0.2, -0.15) is 18.4 Å². The van der Waals surface area contributed by atoms with Gasteiger partial charge in [0.15, 0.2) is 0 Å². The molecule has 7 nitrogen and oxygen atoms in total. The van der Waals surface area contributed by atoms with E-state index in [9.17, 15) is 18.0 Å². The van der Waals surface area contributed by atoms with Gasteiger partial charge in [-0.15, -0.1) is 0 Å². The van der Waals surface area contributed by atoms with Crippen molar-refractivity contribution in [3.63, 3.8) is 0 Å². The lowest BCUT2D eigenvalue weighted by Crippen LogP contribution is -2.48. The van der Waals surface area contributed by atoms with Crippen LogP contribution in [0.25, 0.3) is 0 Å². The molecule has 1 amide bonds. The average molecular weight is 594 g/mol. The molecule has 2 fully saturated rings. The van der Waals surface area contributed by atoms with Crippen molar-refractivity contribution in [3.8, 4) is 11.8 Å². The zero-order valence-corrected chi connectivity index (χ0v) is 23.7. The van der Waals surface area contributed by atoms with Gasteiger partial charge in [0.05, 0.1) is 11.6 Å². The third-order valence-corrected chi connectivity index (χ3v) is 8.11. The molecule has 2 saturated heterocycles. The molecule has 1 N–H and O–H groups in total. The highest BCUT2D eigenvalue weighted by Gasteiger charge is 2.39. The second kappa shape index (κ2) is 14.2. The van der Waals surface area contributed by atoms with Crippen molar-refractivity contribution < 1.29 is 32.6 Å². The number of amides is 1. The smallest absolute Gasteiger partial charge is 0.489 e. The van der Waals surface area contributed by atoms with Crippen molar-refractivity contribution in [3.05, 3.63) is 101 Å². The number of nitriles is 1. The van der Waals surface area contributed by atoms with E-state index in [4.69, 9.17) is 19.9 Å². The third kappa shape index (κ3) is 8.82. The molecule has 3 aromatic rings. The number of hydrogen-bond donors (Lipinski definition) is 1. The summed E-state index contributed by atoms with van der Waals surface area (Å²) in [5, 5.41) is 16.3. The van der Waals surface area contributed by atoms with Crippen molar-refractivity contribution in [2.45, 2.75) is 45.0 Å². The largest absolute Gasteiger partial charge is 0.490 e. The first-order valence-corrected chi connectivity index (χ1v) is 14.2. The Balaban J connectivity index is 0.000000541. The molecule has 2 aliphatic heterocycles. The lowest BCUT2D eigenvalue weighted by molar-refractivity contribution is -0.192. The molecule has 0 bridgehead atoms. The van der Waals surface area contributed by atoms with E-state index in [1.165, 1.54) is 24.0 Å². The van der Waals surface area contributed by atoms with Crippen LogP contribution in [0, 0.1) is 16.7 Å². The Labute approximate surface area is 249 Å². The molecule has 0 aromatic heterocycles. The fourth-order valence-corrected chi connectivity index (χ4v) is 5.53. The Morgan fingerprint density at radius 3 is 2.12 bits per heavy atom. The van der Waals surface area contributed by atoms with Crippen LogP contribution in [0.1, 0.15) is 52.7 Å². The first kappa shape index (κ1) is 31.6. The summed E-state index contributed by atoms with van der Waals surface area (Å²) in [6, 6.07) is 27.8. The minimum atomic E-state index is -5.08. The van der Waals surface area contributed by atoms with Crippen LogP contribution in [0.5, 0.6) is 5.75 Å². The number of benzene rings is 3. The number of alkyl halides is 3. The fourth-order valence-electron chi connectivity index (χ4n) is 5.53. The van der Waals surface area contributed by atoms with E-state index in [1.54, 1.807) is 18.2 Å². The van der Waals surface area contributed by atoms with Crippen LogP contribution >= 0.6 is 0 Å². The van der Waals surface area contributed by atoms with E-state index in [0.717, 1.165) is 51.3 Å². The maximum Gasteiger partial charge on any atom is 0.490 e. The summed E-state index contributed by atoms with van der Waals surface area (Å²) in [5.41, 5.74) is 3.91. The molecule has 3 aromatic carbocycles. The molecule has 5 rings (SSSR count). The number of halogens is 3. The van der Waals surface area contributed by atoms with Gasteiger partial charge in [0.2, 0.25) is 0 Å². The molecule has 0 unspecified atom stereocenters. The van der Waals surface area contributed by atoms with Crippen LogP contribution in [-0.2, 0) is 17.9 Å². The van der Waals surface area contributed by atoms with E-state index < -0.39 is 12.1 Å². The monoisotopic (exact) mass is 593 g/mol.